The van der Waals surface area contributed by atoms with Crippen molar-refractivity contribution in [2.75, 3.05) is 18.3 Å². The van der Waals surface area contributed by atoms with Crippen molar-refractivity contribution in [1.29, 1.82) is 0 Å². The van der Waals surface area contributed by atoms with E-state index in [1.165, 1.54) is 7.11 Å². The number of ketones is 1. The second-order valence-electron chi connectivity index (χ2n) is 5.42. The molecule has 0 aliphatic rings. The number of methoxy groups -OCH3 is 1. The summed E-state index contributed by atoms with van der Waals surface area (Å²) in [6, 6.07) is 11.7. The Balaban J connectivity index is 2.19. The first-order valence-corrected chi connectivity index (χ1v) is 8.81. The third kappa shape index (κ3) is 5.21. The van der Waals surface area contributed by atoms with Crippen molar-refractivity contribution >= 4 is 40.6 Å². The van der Waals surface area contributed by atoms with E-state index in [1.807, 2.05) is 0 Å². The molecular weight excluding hydrogens is 361 g/mol. The number of amides is 1. The lowest BCUT2D eigenvalue weighted by Gasteiger charge is -2.11. The van der Waals surface area contributed by atoms with Gasteiger partial charge in [0.2, 0.25) is 0 Å². The highest BCUT2D eigenvalue weighted by Crippen LogP contribution is 2.25. The largest absolute Gasteiger partial charge is 0.496 e. The predicted molar refractivity (Wildman–Crippen MR) is 101 cm³/mol. The second-order valence-corrected chi connectivity index (χ2v) is 6.20. The fraction of sp³-hybridized carbons (Fsp3) is 0.263. The van der Waals surface area contributed by atoms with Crippen LogP contribution in [0, 0.1) is 0 Å². The summed E-state index contributed by atoms with van der Waals surface area (Å²) in [5, 5.41) is 3.13. The topological polar surface area (TPSA) is 55.4 Å². The van der Waals surface area contributed by atoms with Crippen molar-refractivity contribution < 1.29 is 14.3 Å². The van der Waals surface area contributed by atoms with Gasteiger partial charge in [-0.15, -0.1) is 11.6 Å². The minimum atomic E-state index is -0.337. The maximum atomic E-state index is 12.4. The summed E-state index contributed by atoms with van der Waals surface area (Å²) in [6.07, 6.45) is 1.87. The lowest BCUT2D eigenvalue weighted by Crippen LogP contribution is -2.13. The van der Waals surface area contributed by atoms with E-state index in [0.717, 1.165) is 6.42 Å². The average molecular weight is 380 g/mol. The van der Waals surface area contributed by atoms with E-state index in [4.69, 9.17) is 27.9 Å². The van der Waals surface area contributed by atoms with Crippen LogP contribution < -0.4 is 10.1 Å². The van der Waals surface area contributed by atoms with Crippen LogP contribution in [0.4, 0.5) is 5.69 Å². The maximum Gasteiger partial charge on any atom is 0.257 e. The SMILES string of the molecule is COc1ccc(NC(=O)c2ccccc2Cl)cc1C(=O)CCCCCl. The Morgan fingerprint density at radius 1 is 1.08 bits per heavy atom. The number of hydrogen-bond donors (Lipinski definition) is 1. The van der Waals surface area contributed by atoms with Crippen molar-refractivity contribution in [2.24, 2.45) is 0 Å². The molecule has 0 aromatic heterocycles. The molecule has 1 N–H and O–H groups in total. The number of unbranched alkanes of at least 4 members (excludes halogenated alkanes) is 1. The first kappa shape index (κ1) is 19.3. The molecule has 0 radical (unpaired) electrons. The molecule has 6 heteroatoms. The Morgan fingerprint density at radius 2 is 1.84 bits per heavy atom. The number of rotatable bonds is 8. The van der Waals surface area contributed by atoms with E-state index in [0.29, 0.717) is 46.3 Å². The number of alkyl halides is 1. The van der Waals surface area contributed by atoms with Crippen LogP contribution in [-0.4, -0.2) is 24.7 Å². The minimum absolute atomic E-state index is 0.0455. The monoisotopic (exact) mass is 379 g/mol. The maximum absolute atomic E-state index is 12.4. The highest BCUT2D eigenvalue weighted by molar-refractivity contribution is 6.34. The van der Waals surface area contributed by atoms with Gasteiger partial charge in [-0.1, -0.05) is 23.7 Å². The quantitative estimate of drug-likeness (QED) is 0.389. The number of carbonyl (C=O) groups is 2. The summed E-state index contributed by atoms with van der Waals surface area (Å²) in [4.78, 5) is 24.8. The van der Waals surface area contributed by atoms with E-state index in [1.54, 1.807) is 42.5 Å². The van der Waals surface area contributed by atoms with E-state index >= 15 is 0 Å². The first-order valence-electron chi connectivity index (χ1n) is 7.90. The Morgan fingerprint density at radius 3 is 2.52 bits per heavy atom. The third-order valence-corrected chi connectivity index (χ3v) is 4.26. The normalized spacial score (nSPS) is 10.4. The van der Waals surface area contributed by atoms with Crippen LogP contribution in [0.25, 0.3) is 0 Å². The molecular formula is C19H19Cl2NO3. The molecule has 2 aromatic carbocycles. The van der Waals surface area contributed by atoms with Crippen molar-refractivity contribution in [3.63, 3.8) is 0 Å². The molecule has 4 nitrogen and oxygen atoms in total. The number of benzene rings is 2. The summed E-state index contributed by atoms with van der Waals surface area (Å²) < 4.78 is 5.26. The van der Waals surface area contributed by atoms with Gasteiger partial charge in [0, 0.05) is 18.0 Å². The van der Waals surface area contributed by atoms with Gasteiger partial charge in [-0.05, 0) is 43.2 Å². The molecule has 0 unspecified atom stereocenters. The molecule has 2 aromatic rings. The fourth-order valence-electron chi connectivity index (χ4n) is 2.36. The Labute approximate surface area is 157 Å². The molecule has 0 aliphatic heterocycles. The van der Waals surface area contributed by atoms with Crippen LogP contribution in [-0.2, 0) is 0 Å². The van der Waals surface area contributed by atoms with Gasteiger partial charge in [0.15, 0.2) is 5.78 Å². The zero-order chi connectivity index (χ0) is 18.2. The van der Waals surface area contributed by atoms with Gasteiger partial charge < -0.3 is 10.1 Å². The van der Waals surface area contributed by atoms with Gasteiger partial charge in [-0.2, -0.15) is 0 Å². The van der Waals surface area contributed by atoms with Crippen LogP contribution in [0.2, 0.25) is 5.02 Å². The van der Waals surface area contributed by atoms with Gasteiger partial charge in [0.25, 0.3) is 5.91 Å². The van der Waals surface area contributed by atoms with E-state index in [2.05, 4.69) is 5.32 Å². The lowest BCUT2D eigenvalue weighted by molar-refractivity contribution is 0.0974. The highest BCUT2D eigenvalue weighted by Gasteiger charge is 2.15. The fourth-order valence-corrected chi connectivity index (χ4v) is 2.77. The molecule has 0 saturated heterocycles. The number of ether oxygens (including phenoxy) is 1. The Kier molecular flexibility index (Phi) is 7.29. The van der Waals surface area contributed by atoms with Crippen LogP contribution >= 0.6 is 23.2 Å². The van der Waals surface area contributed by atoms with Crippen molar-refractivity contribution in [1.82, 2.24) is 0 Å². The molecule has 0 aliphatic carbocycles. The van der Waals surface area contributed by atoms with E-state index < -0.39 is 0 Å². The standard InChI is InChI=1S/C19H19Cl2NO3/c1-25-18-10-9-13(12-15(18)17(23)8-4-5-11-20)22-19(24)14-6-2-3-7-16(14)21/h2-3,6-7,9-10,12H,4-5,8,11H2,1H3,(H,22,24). The summed E-state index contributed by atoms with van der Waals surface area (Å²) >= 11 is 11.7. The summed E-state index contributed by atoms with van der Waals surface area (Å²) in [7, 11) is 1.51. The first-order chi connectivity index (χ1) is 12.1. The molecule has 0 heterocycles. The number of nitrogens with one attached hydrogen (secondary N) is 1. The van der Waals surface area contributed by atoms with Crippen molar-refractivity contribution in [2.45, 2.75) is 19.3 Å². The molecule has 0 spiro atoms. The van der Waals surface area contributed by atoms with E-state index in [9.17, 15) is 9.59 Å². The average Bonchev–Trinajstić information content (AvgIpc) is 2.62. The van der Waals surface area contributed by atoms with E-state index in [-0.39, 0.29) is 11.7 Å². The van der Waals surface area contributed by atoms with Gasteiger partial charge in [0.05, 0.1) is 23.3 Å². The smallest absolute Gasteiger partial charge is 0.257 e. The minimum Gasteiger partial charge on any atom is -0.496 e. The Hall–Kier alpha value is -2.04. The van der Waals surface area contributed by atoms with Gasteiger partial charge in [-0.25, -0.2) is 0 Å². The van der Waals surface area contributed by atoms with Crippen LogP contribution in [0.5, 0.6) is 5.75 Å². The highest BCUT2D eigenvalue weighted by atomic mass is 35.5. The molecule has 0 saturated carbocycles. The number of carbonyl (C=O) groups excluding carboxylic acids is 2. The molecule has 0 fully saturated rings. The molecule has 0 atom stereocenters. The molecule has 1 amide bonds. The number of anilines is 1. The third-order valence-electron chi connectivity index (χ3n) is 3.66. The Bertz CT molecular complexity index is 762. The molecule has 132 valence electrons. The lowest BCUT2D eigenvalue weighted by atomic mass is 10.0. The summed E-state index contributed by atoms with van der Waals surface area (Å²) in [6.45, 7) is 0. The van der Waals surface area contributed by atoms with Crippen molar-refractivity contribution in [3.8, 4) is 5.75 Å². The molecule has 25 heavy (non-hydrogen) atoms. The zero-order valence-electron chi connectivity index (χ0n) is 13.9. The zero-order valence-corrected chi connectivity index (χ0v) is 15.4. The van der Waals surface area contributed by atoms with Gasteiger partial charge in [0.1, 0.15) is 5.75 Å². The van der Waals surface area contributed by atoms with Gasteiger partial charge in [-0.3, -0.25) is 9.59 Å². The number of hydrogen-bond acceptors (Lipinski definition) is 3. The molecule has 0 bridgehead atoms. The summed E-state index contributed by atoms with van der Waals surface area (Å²) in [5.74, 6) is 0.622. The van der Waals surface area contributed by atoms with Crippen molar-refractivity contribution in [3.05, 3.63) is 58.6 Å². The molecule has 2 rings (SSSR count). The van der Waals surface area contributed by atoms with Crippen LogP contribution in [0.1, 0.15) is 40.0 Å². The summed E-state index contributed by atoms with van der Waals surface area (Å²) in [5.41, 5.74) is 1.32. The number of halogens is 2. The van der Waals surface area contributed by atoms with Crippen LogP contribution in [0.3, 0.4) is 0 Å². The number of Topliss-reactive ketones (excluding diaryl/α,β-unsaturated/α-hetero) is 1. The van der Waals surface area contributed by atoms with Gasteiger partial charge >= 0.3 is 0 Å². The second kappa shape index (κ2) is 9.44. The van der Waals surface area contributed by atoms with Crippen LogP contribution in [0.15, 0.2) is 42.5 Å². The predicted octanol–water partition coefficient (Wildman–Crippen LogP) is 5.19.